The van der Waals surface area contributed by atoms with E-state index in [2.05, 4.69) is 41.5 Å². The highest BCUT2D eigenvalue weighted by Gasteiger charge is 2.12. The maximum Gasteiger partial charge on any atom is 0.255 e. The van der Waals surface area contributed by atoms with E-state index in [-0.39, 0.29) is 11.7 Å². The Morgan fingerprint density at radius 2 is 1.67 bits per heavy atom. The molecular weight excluding hydrogens is 489 g/mol. The summed E-state index contributed by atoms with van der Waals surface area (Å²) < 4.78 is 13.1. The zero-order valence-electron chi connectivity index (χ0n) is 21.8. The van der Waals surface area contributed by atoms with Crippen molar-refractivity contribution in [2.45, 2.75) is 6.54 Å². The number of benzene rings is 4. The SMILES string of the molecule is C=Cc1cccc(-c2ccc3nc(N(C)C)nc(NCc4ccc(C(=O)Nc5ccc(F)cc5)cc4)c3c2)c1. The van der Waals surface area contributed by atoms with Crippen LogP contribution >= 0.6 is 0 Å². The molecule has 1 amide bonds. The molecule has 0 aliphatic heterocycles. The fourth-order valence-electron chi connectivity index (χ4n) is 4.17. The van der Waals surface area contributed by atoms with Gasteiger partial charge in [-0.2, -0.15) is 4.98 Å². The monoisotopic (exact) mass is 517 g/mol. The first-order valence-corrected chi connectivity index (χ1v) is 12.5. The number of nitrogens with one attached hydrogen (secondary N) is 2. The standard InChI is InChI=1S/C32H28FN5O/c1-4-21-6-5-7-24(18-21)25-12-17-29-28(19-25)30(37-32(36-29)38(2)3)34-20-22-8-10-23(11-9-22)31(39)35-27-15-13-26(33)14-16-27/h4-19H,1,20H2,2-3H3,(H,35,39)(H,34,36,37). The van der Waals surface area contributed by atoms with Crippen molar-refractivity contribution < 1.29 is 9.18 Å². The maximum absolute atomic E-state index is 13.1. The lowest BCUT2D eigenvalue weighted by molar-refractivity contribution is 0.102. The number of hydrogen-bond acceptors (Lipinski definition) is 5. The van der Waals surface area contributed by atoms with E-state index in [1.807, 2.05) is 55.4 Å². The van der Waals surface area contributed by atoms with Gasteiger partial charge in [-0.25, -0.2) is 9.37 Å². The van der Waals surface area contributed by atoms with Gasteiger partial charge in [0.2, 0.25) is 5.95 Å². The summed E-state index contributed by atoms with van der Waals surface area (Å²) in [6.07, 6.45) is 1.84. The molecule has 5 rings (SSSR count). The lowest BCUT2D eigenvalue weighted by atomic mass is 10.0. The van der Waals surface area contributed by atoms with Crippen LogP contribution in [0.2, 0.25) is 0 Å². The van der Waals surface area contributed by atoms with E-state index in [0.29, 0.717) is 23.7 Å². The van der Waals surface area contributed by atoms with E-state index in [4.69, 9.17) is 9.97 Å². The predicted octanol–water partition coefficient (Wildman–Crippen LogP) is 7.01. The van der Waals surface area contributed by atoms with Crippen LogP contribution in [-0.2, 0) is 6.54 Å². The van der Waals surface area contributed by atoms with Crippen molar-refractivity contribution in [2.24, 2.45) is 0 Å². The molecule has 194 valence electrons. The molecule has 6 nitrogen and oxygen atoms in total. The van der Waals surface area contributed by atoms with Crippen LogP contribution in [0.5, 0.6) is 0 Å². The number of fused-ring (bicyclic) bond motifs is 1. The van der Waals surface area contributed by atoms with E-state index in [1.165, 1.54) is 24.3 Å². The Kier molecular flexibility index (Phi) is 7.32. The van der Waals surface area contributed by atoms with E-state index >= 15 is 0 Å². The zero-order valence-corrected chi connectivity index (χ0v) is 21.8. The molecule has 0 atom stereocenters. The van der Waals surface area contributed by atoms with Crippen LogP contribution in [0.4, 0.5) is 21.8 Å². The molecule has 1 aromatic heterocycles. The minimum Gasteiger partial charge on any atom is -0.365 e. The largest absolute Gasteiger partial charge is 0.365 e. The van der Waals surface area contributed by atoms with E-state index < -0.39 is 0 Å². The topological polar surface area (TPSA) is 70.2 Å². The average molecular weight is 518 g/mol. The molecule has 5 aromatic rings. The summed E-state index contributed by atoms with van der Waals surface area (Å²) in [5, 5.41) is 7.16. The summed E-state index contributed by atoms with van der Waals surface area (Å²) in [4.78, 5) is 24.0. The van der Waals surface area contributed by atoms with Crippen molar-refractivity contribution in [3.05, 3.63) is 120 Å². The third-order valence-corrected chi connectivity index (χ3v) is 6.32. The van der Waals surface area contributed by atoms with Crippen molar-refractivity contribution >= 4 is 40.3 Å². The first-order chi connectivity index (χ1) is 18.9. The first-order valence-electron chi connectivity index (χ1n) is 12.5. The van der Waals surface area contributed by atoms with Gasteiger partial charge in [-0.05, 0) is 76.9 Å². The Morgan fingerprint density at radius 3 is 2.38 bits per heavy atom. The van der Waals surface area contributed by atoms with Gasteiger partial charge in [0.1, 0.15) is 11.6 Å². The van der Waals surface area contributed by atoms with E-state index in [1.54, 1.807) is 12.1 Å². The van der Waals surface area contributed by atoms with Gasteiger partial charge in [0.25, 0.3) is 5.91 Å². The highest BCUT2D eigenvalue weighted by molar-refractivity contribution is 6.04. The first kappa shape index (κ1) is 25.6. The molecule has 39 heavy (non-hydrogen) atoms. The van der Waals surface area contributed by atoms with Crippen molar-refractivity contribution in [1.82, 2.24) is 9.97 Å². The summed E-state index contributed by atoms with van der Waals surface area (Å²) >= 11 is 0. The van der Waals surface area contributed by atoms with Crippen LogP contribution in [0.3, 0.4) is 0 Å². The lowest BCUT2D eigenvalue weighted by Crippen LogP contribution is -2.14. The van der Waals surface area contributed by atoms with Crippen molar-refractivity contribution in [2.75, 3.05) is 29.6 Å². The number of rotatable bonds is 8. The summed E-state index contributed by atoms with van der Waals surface area (Å²) in [5.74, 6) is 0.728. The van der Waals surface area contributed by atoms with Gasteiger partial charge < -0.3 is 15.5 Å². The number of halogens is 1. The van der Waals surface area contributed by atoms with Gasteiger partial charge in [-0.3, -0.25) is 4.79 Å². The normalized spacial score (nSPS) is 10.7. The molecule has 0 radical (unpaired) electrons. The summed E-state index contributed by atoms with van der Waals surface area (Å²) in [7, 11) is 3.83. The van der Waals surface area contributed by atoms with Gasteiger partial charge in [0.05, 0.1) is 5.52 Å². The molecule has 0 saturated heterocycles. The third-order valence-electron chi connectivity index (χ3n) is 6.32. The smallest absolute Gasteiger partial charge is 0.255 e. The Hall–Kier alpha value is -5.04. The summed E-state index contributed by atoms with van der Waals surface area (Å²) in [6.45, 7) is 4.39. The molecule has 0 unspecified atom stereocenters. The Bertz CT molecular complexity index is 1650. The Morgan fingerprint density at radius 1 is 0.923 bits per heavy atom. The van der Waals surface area contributed by atoms with Gasteiger partial charge in [-0.1, -0.05) is 49.1 Å². The van der Waals surface area contributed by atoms with E-state index in [9.17, 15) is 9.18 Å². The number of carbonyl (C=O) groups excluding carboxylic acids is 1. The number of amides is 1. The van der Waals surface area contributed by atoms with Crippen molar-refractivity contribution in [3.63, 3.8) is 0 Å². The number of hydrogen-bond donors (Lipinski definition) is 2. The summed E-state index contributed by atoms with van der Waals surface area (Å²) in [6, 6.07) is 27.4. The quantitative estimate of drug-likeness (QED) is 0.232. The fraction of sp³-hybridized carbons (Fsp3) is 0.0938. The van der Waals surface area contributed by atoms with Crippen LogP contribution in [-0.4, -0.2) is 30.0 Å². The van der Waals surface area contributed by atoms with Gasteiger partial charge in [0.15, 0.2) is 0 Å². The molecule has 4 aromatic carbocycles. The van der Waals surface area contributed by atoms with Gasteiger partial charge in [0, 0.05) is 37.3 Å². The molecule has 0 fully saturated rings. The number of anilines is 3. The van der Waals surface area contributed by atoms with Crippen LogP contribution in [0.15, 0.2) is 97.6 Å². The number of aromatic nitrogens is 2. The van der Waals surface area contributed by atoms with Crippen molar-refractivity contribution in [1.29, 1.82) is 0 Å². The molecule has 0 bridgehead atoms. The molecule has 0 spiro atoms. The molecule has 0 aliphatic carbocycles. The highest BCUT2D eigenvalue weighted by Crippen LogP contribution is 2.30. The number of carbonyl (C=O) groups is 1. The minimum atomic E-state index is -0.350. The maximum atomic E-state index is 13.1. The van der Waals surface area contributed by atoms with Crippen LogP contribution in [0.25, 0.3) is 28.1 Å². The van der Waals surface area contributed by atoms with Crippen LogP contribution < -0.4 is 15.5 Å². The second-order valence-electron chi connectivity index (χ2n) is 9.34. The molecular formula is C32H28FN5O. The minimum absolute atomic E-state index is 0.258. The third kappa shape index (κ3) is 5.93. The predicted molar refractivity (Wildman–Crippen MR) is 158 cm³/mol. The van der Waals surface area contributed by atoms with Gasteiger partial charge in [-0.15, -0.1) is 0 Å². The second kappa shape index (κ2) is 11.1. The van der Waals surface area contributed by atoms with Crippen molar-refractivity contribution in [3.8, 4) is 11.1 Å². The second-order valence-corrected chi connectivity index (χ2v) is 9.34. The van der Waals surface area contributed by atoms with E-state index in [0.717, 1.165) is 39.0 Å². The lowest BCUT2D eigenvalue weighted by Gasteiger charge is -2.16. The highest BCUT2D eigenvalue weighted by atomic mass is 19.1. The molecule has 7 heteroatoms. The summed E-state index contributed by atoms with van der Waals surface area (Å²) in [5.41, 5.74) is 6.08. The average Bonchev–Trinajstić information content (AvgIpc) is 2.97. The van der Waals surface area contributed by atoms with Gasteiger partial charge >= 0.3 is 0 Å². The number of nitrogens with zero attached hydrogens (tertiary/aromatic N) is 3. The fourth-order valence-corrected chi connectivity index (χ4v) is 4.17. The zero-order chi connectivity index (χ0) is 27.4. The molecule has 0 saturated carbocycles. The Labute approximate surface area is 226 Å². The molecule has 1 heterocycles. The van der Waals surface area contributed by atoms with Crippen LogP contribution in [0, 0.1) is 5.82 Å². The molecule has 0 aliphatic rings. The Balaban J connectivity index is 1.37. The molecule has 2 N–H and O–H groups in total. The van der Waals surface area contributed by atoms with Crippen LogP contribution in [0.1, 0.15) is 21.5 Å².